The van der Waals surface area contributed by atoms with E-state index in [1.54, 1.807) is 26.0 Å². The number of anilines is 1. The first-order chi connectivity index (χ1) is 11.4. The first-order valence-corrected chi connectivity index (χ1v) is 10.4. The summed E-state index contributed by atoms with van der Waals surface area (Å²) < 4.78 is 23.7. The number of rotatable bonds is 7. The summed E-state index contributed by atoms with van der Waals surface area (Å²) in [6, 6.07) is 4.82. The number of primary amides is 1. The van der Waals surface area contributed by atoms with Crippen molar-refractivity contribution in [2.75, 3.05) is 18.1 Å². The van der Waals surface area contributed by atoms with E-state index in [-0.39, 0.29) is 4.90 Å². The number of hydrogen-bond acceptors (Lipinski definition) is 5. The van der Waals surface area contributed by atoms with Crippen molar-refractivity contribution in [3.63, 3.8) is 0 Å². The van der Waals surface area contributed by atoms with Crippen molar-refractivity contribution >= 4 is 21.4 Å². The fourth-order valence-corrected chi connectivity index (χ4v) is 3.82. The van der Waals surface area contributed by atoms with Crippen molar-refractivity contribution in [2.45, 2.75) is 56.4 Å². The van der Waals surface area contributed by atoms with Crippen LogP contribution in [0, 0.1) is 5.41 Å². The molecule has 140 valence electrons. The molecule has 0 heterocycles. The van der Waals surface area contributed by atoms with E-state index in [0.717, 1.165) is 37.6 Å². The highest BCUT2D eigenvalue weighted by atomic mass is 32.2. The van der Waals surface area contributed by atoms with Gasteiger partial charge >= 0.3 is 0 Å². The van der Waals surface area contributed by atoms with Gasteiger partial charge in [0.1, 0.15) is 0 Å². The molecule has 0 saturated heterocycles. The van der Waals surface area contributed by atoms with Crippen LogP contribution < -0.4 is 11.1 Å². The second kappa shape index (κ2) is 6.96. The Bertz CT molecular complexity index is 750. The number of carbonyl (C=O) groups excluding carboxylic acids is 1. The molecular weight excluding hydrogens is 340 g/mol. The van der Waals surface area contributed by atoms with Crippen molar-refractivity contribution in [2.24, 2.45) is 11.1 Å². The Kier molecular flexibility index (Phi) is 5.49. The Morgan fingerprint density at radius 3 is 2.44 bits per heavy atom. The van der Waals surface area contributed by atoms with Gasteiger partial charge in [-0.05, 0) is 43.0 Å². The summed E-state index contributed by atoms with van der Waals surface area (Å²) in [5, 5.41) is 13.8. The molecule has 0 atom stereocenters. The van der Waals surface area contributed by atoms with Crippen molar-refractivity contribution in [3.05, 3.63) is 23.8 Å². The third-order valence-electron chi connectivity index (χ3n) is 4.95. The predicted octanol–water partition coefficient (Wildman–Crippen LogP) is 1.86. The fourth-order valence-electron chi connectivity index (χ4n) is 3.15. The second-order valence-corrected chi connectivity index (χ2v) is 9.82. The average molecular weight is 368 g/mol. The van der Waals surface area contributed by atoms with Gasteiger partial charge in [-0.3, -0.25) is 4.79 Å². The molecule has 0 radical (unpaired) electrons. The number of hydrogen-bond donors (Lipinski definition) is 3. The molecule has 0 spiro atoms. The van der Waals surface area contributed by atoms with Crippen LogP contribution >= 0.6 is 0 Å². The Morgan fingerprint density at radius 2 is 1.92 bits per heavy atom. The lowest BCUT2D eigenvalue weighted by molar-refractivity contribution is -0.125. The van der Waals surface area contributed by atoms with Crippen LogP contribution in [0.15, 0.2) is 23.1 Å². The highest BCUT2D eigenvalue weighted by Crippen LogP contribution is 2.32. The van der Waals surface area contributed by atoms with Crippen LogP contribution in [0.25, 0.3) is 0 Å². The standard InChI is InChI=1S/C18H28N2O4S/c1-17(2,16(19)21)11-13-10-14(25(3,23)24)6-7-15(13)20-12-18(22)8-4-5-9-18/h6-7,10,20,22H,4-5,8-9,11-12H2,1-3H3,(H2,19,21). The van der Waals surface area contributed by atoms with E-state index in [4.69, 9.17) is 5.73 Å². The van der Waals surface area contributed by atoms with Crippen molar-refractivity contribution in [1.82, 2.24) is 0 Å². The van der Waals surface area contributed by atoms with E-state index in [1.807, 2.05) is 0 Å². The molecule has 25 heavy (non-hydrogen) atoms. The minimum atomic E-state index is -3.35. The molecule has 0 bridgehead atoms. The predicted molar refractivity (Wildman–Crippen MR) is 98.1 cm³/mol. The maximum atomic E-state index is 11.9. The van der Waals surface area contributed by atoms with Gasteiger partial charge in [-0.1, -0.05) is 26.7 Å². The Hall–Kier alpha value is -1.60. The van der Waals surface area contributed by atoms with Crippen LogP contribution in [0.2, 0.25) is 0 Å². The summed E-state index contributed by atoms with van der Waals surface area (Å²) in [7, 11) is -3.35. The van der Waals surface area contributed by atoms with Gasteiger partial charge in [-0.25, -0.2) is 8.42 Å². The number of nitrogens with one attached hydrogen (secondary N) is 1. The van der Waals surface area contributed by atoms with Crippen LogP contribution in [-0.2, 0) is 21.1 Å². The second-order valence-electron chi connectivity index (χ2n) is 7.80. The Balaban J connectivity index is 2.32. The minimum Gasteiger partial charge on any atom is -0.388 e. The lowest BCUT2D eigenvalue weighted by Crippen LogP contribution is -2.35. The minimum absolute atomic E-state index is 0.202. The number of amides is 1. The SMILES string of the molecule is CC(C)(Cc1cc(S(C)(=O)=O)ccc1NCC1(O)CCCC1)C(N)=O. The van der Waals surface area contributed by atoms with E-state index in [9.17, 15) is 18.3 Å². The molecule has 1 aromatic rings. The molecule has 1 aromatic carbocycles. The van der Waals surface area contributed by atoms with Gasteiger partial charge in [0.25, 0.3) is 0 Å². The van der Waals surface area contributed by atoms with Crippen LogP contribution in [-0.4, -0.2) is 37.8 Å². The molecule has 4 N–H and O–H groups in total. The number of benzene rings is 1. The molecule has 1 saturated carbocycles. The third-order valence-corrected chi connectivity index (χ3v) is 6.06. The van der Waals surface area contributed by atoms with Gasteiger partial charge in [0.05, 0.1) is 10.5 Å². The highest BCUT2D eigenvalue weighted by Gasteiger charge is 2.32. The largest absolute Gasteiger partial charge is 0.388 e. The topological polar surface area (TPSA) is 109 Å². The summed E-state index contributed by atoms with van der Waals surface area (Å²) >= 11 is 0. The summed E-state index contributed by atoms with van der Waals surface area (Å²) in [6.45, 7) is 3.86. The molecule has 0 aliphatic heterocycles. The highest BCUT2D eigenvalue weighted by molar-refractivity contribution is 7.90. The average Bonchev–Trinajstić information content (AvgIpc) is 2.91. The van der Waals surface area contributed by atoms with E-state index in [2.05, 4.69) is 5.32 Å². The van der Waals surface area contributed by atoms with E-state index < -0.39 is 26.8 Å². The zero-order chi connectivity index (χ0) is 18.9. The Labute approximate surface area is 149 Å². The first kappa shape index (κ1) is 19.7. The number of nitrogens with two attached hydrogens (primary N) is 1. The normalized spacial score (nSPS) is 17.4. The summed E-state index contributed by atoms with van der Waals surface area (Å²) in [5.74, 6) is -0.447. The molecule has 0 aromatic heterocycles. The molecule has 0 unspecified atom stereocenters. The lowest BCUT2D eigenvalue weighted by Gasteiger charge is -2.26. The quantitative estimate of drug-likeness (QED) is 0.680. The first-order valence-electron chi connectivity index (χ1n) is 8.52. The van der Waals surface area contributed by atoms with Gasteiger partial charge in [0.15, 0.2) is 9.84 Å². The van der Waals surface area contributed by atoms with Gasteiger partial charge in [0.2, 0.25) is 5.91 Å². The van der Waals surface area contributed by atoms with Crippen LogP contribution in [0.4, 0.5) is 5.69 Å². The molecular formula is C18H28N2O4S. The third kappa shape index (κ3) is 4.95. The van der Waals surface area contributed by atoms with Crippen LogP contribution in [0.3, 0.4) is 0 Å². The van der Waals surface area contributed by atoms with Crippen LogP contribution in [0.1, 0.15) is 45.1 Å². The van der Waals surface area contributed by atoms with Gasteiger partial charge in [0, 0.05) is 23.9 Å². The summed E-state index contributed by atoms with van der Waals surface area (Å²) in [4.78, 5) is 11.9. The van der Waals surface area contributed by atoms with Gasteiger partial charge in [-0.2, -0.15) is 0 Å². The van der Waals surface area contributed by atoms with Crippen molar-refractivity contribution in [3.8, 4) is 0 Å². The van der Waals surface area contributed by atoms with Gasteiger partial charge < -0.3 is 16.2 Å². The van der Waals surface area contributed by atoms with E-state index >= 15 is 0 Å². The summed E-state index contributed by atoms with van der Waals surface area (Å²) in [5.41, 5.74) is 5.36. The molecule has 7 heteroatoms. The molecule has 1 aliphatic carbocycles. The van der Waals surface area contributed by atoms with Crippen molar-refractivity contribution < 1.29 is 18.3 Å². The molecule has 1 aliphatic rings. The smallest absolute Gasteiger partial charge is 0.223 e. The molecule has 1 fully saturated rings. The zero-order valence-corrected chi connectivity index (χ0v) is 15.9. The summed E-state index contributed by atoms with van der Waals surface area (Å²) in [6.07, 6.45) is 4.98. The maximum absolute atomic E-state index is 11.9. The van der Waals surface area contributed by atoms with E-state index in [0.29, 0.717) is 18.5 Å². The Morgan fingerprint density at radius 1 is 1.32 bits per heavy atom. The maximum Gasteiger partial charge on any atom is 0.223 e. The van der Waals surface area contributed by atoms with Gasteiger partial charge in [-0.15, -0.1) is 0 Å². The lowest BCUT2D eigenvalue weighted by atomic mass is 9.84. The molecule has 2 rings (SSSR count). The van der Waals surface area contributed by atoms with Crippen LogP contribution in [0.5, 0.6) is 0 Å². The van der Waals surface area contributed by atoms with Crippen molar-refractivity contribution in [1.29, 1.82) is 0 Å². The number of aliphatic hydroxyl groups is 1. The number of carbonyl (C=O) groups is 1. The molecule has 1 amide bonds. The monoisotopic (exact) mass is 368 g/mol. The number of sulfone groups is 1. The van der Waals surface area contributed by atoms with E-state index in [1.165, 1.54) is 6.07 Å². The zero-order valence-electron chi connectivity index (χ0n) is 15.1. The fraction of sp³-hybridized carbons (Fsp3) is 0.611. The molecule has 6 nitrogen and oxygen atoms in total.